The van der Waals surface area contributed by atoms with Crippen molar-refractivity contribution in [2.24, 2.45) is 5.92 Å². The number of nitrogens with zero attached hydrogens (tertiary/aromatic N) is 2. The van der Waals surface area contributed by atoms with Gasteiger partial charge in [-0.3, -0.25) is 14.7 Å². The highest BCUT2D eigenvalue weighted by Gasteiger charge is 2.53. The van der Waals surface area contributed by atoms with Crippen molar-refractivity contribution in [2.75, 3.05) is 6.61 Å². The van der Waals surface area contributed by atoms with Gasteiger partial charge in [0.1, 0.15) is 15.7 Å². The van der Waals surface area contributed by atoms with Crippen LogP contribution in [0.3, 0.4) is 0 Å². The molecule has 2 N–H and O–H groups in total. The van der Waals surface area contributed by atoms with Crippen molar-refractivity contribution in [1.29, 1.82) is 0 Å². The number of carbonyl (C=O) groups excluding carboxylic acids is 1. The zero-order chi connectivity index (χ0) is 27.2. The van der Waals surface area contributed by atoms with Crippen LogP contribution in [0.15, 0.2) is 60.8 Å². The second-order valence-electron chi connectivity index (χ2n) is 10.7. The van der Waals surface area contributed by atoms with E-state index >= 15 is 0 Å². The fraction of sp³-hybridized carbons (Fsp3) is 0.333. The quantitative estimate of drug-likeness (QED) is 0.431. The number of ether oxygens (including phenoxy) is 1. The van der Waals surface area contributed by atoms with Crippen molar-refractivity contribution in [2.45, 2.75) is 44.0 Å². The molecular formula is C27H30B2Cl2N2O4. The highest BCUT2D eigenvalue weighted by molar-refractivity contribution is 6.39. The SMILES string of the molecule is BC(B)(O)[C@@H](C)CO[C@]1(c2ccc(Cl)cc2)c2ccc(C(C)(C)O)cc2C(=O)N1Cc1ccc(Cl)cn1. The minimum atomic E-state index is -1.32. The maximum atomic E-state index is 14.1. The van der Waals surface area contributed by atoms with E-state index in [1.54, 1.807) is 64.8 Å². The highest BCUT2D eigenvalue weighted by atomic mass is 35.5. The molecule has 1 aromatic heterocycles. The summed E-state index contributed by atoms with van der Waals surface area (Å²) >= 11 is 12.3. The van der Waals surface area contributed by atoms with Crippen molar-refractivity contribution in [3.8, 4) is 0 Å². The maximum absolute atomic E-state index is 14.1. The Kier molecular flexibility index (Phi) is 7.54. The molecule has 6 nitrogen and oxygen atoms in total. The maximum Gasteiger partial charge on any atom is 0.257 e. The zero-order valence-corrected chi connectivity index (χ0v) is 23.1. The average Bonchev–Trinajstić information content (AvgIpc) is 3.06. The predicted molar refractivity (Wildman–Crippen MR) is 150 cm³/mol. The molecule has 1 aliphatic heterocycles. The van der Waals surface area contributed by atoms with Crippen LogP contribution in [-0.4, -0.2) is 53.7 Å². The molecule has 2 aromatic carbocycles. The van der Waals surface area contributed by atoms with Gasteiger partial charge in [0.15, 0.2) is 5.72 Å². The Bertz CT molecular complexity index is 1290. The van der Waals surface area contributed by atoms with E-state index in [0.717, 1.165) is 0 Å². The number of halogens is 2. The standard InChI is InChI=1S/C27H30B2Cl2N2O4/c1-16(27(28,29)36)15-37-26(17-4-7-19(30)8-5-17)23-11-6-18(25(2,3)35)12-22(23)24(34)33(26)14-21-10-9-20(31)13-32-21/h4-13,16,35-36H,14-15,28-29H2,1-3H3/t16-,26+/m0/s1. The first-order valence-electron chi connectivity index (χ1n) is 12.2. The Morgan fingerprint density at radius 3 is 2.27 bits per heavy atom. The van der Waals surface area contributed by atoms with Crippen molar-refractivity contribution >= 4 is 44.8 Å². The Hall–Kier alpha value is -2.35. The minimum Gasteiger partial charge on any atom is -0.407 e. The summed E-state index contributed by atoms with van der Waals surface area (Å²) in [6.45, 7) is 5.56. The first kappa shape index (κ1) is 27.7. The number of hydrogen-bond donors (Lipinski definition) is 2. The molecule has 0 radical (unpaired) electrons. The fourth-order valence-electron chi connectivity index (χ4n) is 4.35. The average molecular weight is 539 g/mol. The lowest BCUT2D eigenvalue weighted by molar-refractivity contribution is -0.127. The van der Waals surface area contributed by atoms with Gasteiger partial charge < -0.3 is 14.9 Å². The lowest BCUT2D eigenvalue weighted by Crippen LogP contribution is -2.49. The van der Waals surface area contributed by atoms with Gasteiger partial charge in [0.25, 0.3) is 5.91 Å². The molecule has 0 saturated carbocycles. The molecule has 0 spiro atoms. The molecule has 0 aliphatic carbocycles. The number of aliphatic hydroxyl groups is 2. The number of pyridine rings is 1. The van der Waals surface area contributed by atoms with Crippen LogP contribution in [-0.2, 0) is 22.6 Å². The summed E-state index contributed by atoms with van der Waals surface area (Å²) in [5.74, 6) is -0.509. The Balaban J connectivity index is 1.93. The van der Waals surface area contributed by atoms with Crippen molar-refractivity contribution in [3.05, 3.63) is 98.8 Å². The van der Waals surface area contributed by atoms with Crippen LogP contribution < -0.4 is 0 Å². The monoisotopic (exact) mass is 538 g/mol. The molecule has 0 bridgehead atoms. The largest absolute Gasteiger partial charge is 0.407 e. The van der Waals surface area contributed by atoms with Crippen LogP contribution in [0.5, 0.6) is 0 Å². The van der Waals surface area contributed by atoms with Gasteiger partial charge in [0.05, 0.1) is 29.5 Å². The smallest absolute Gasteiger partial charge is 0.257 e. The second kappa shape index (κ2) is 10.1. The van der Waals surface area contributed by atoms with Gasteiger partial charge in [-0.1, -0.05) is 54.4 Å². The van der Waals surface area contributed by atoms with Gasteiger partial charge >= 0.3 is 0 Å². The normalized spacial score (nSPS) is 18.7. The van der Waals surface area contributed by atoms with E-state index in [1.165, 1.54) is 6.20 Å². The summed E-state index contributed by atoms with van der Waals surface area (Å²) in [6, 6.07) is 16.1. The molecule has 0 fully saturated rings. The topological polar surface area (TPSA) is 82.9 Å². The Morgan fingerprint density at radius 1 is 1.05 bits per heavy atom. The minimum absolute atomic E-state index is 0.141. The van der Waals surface area contributed by atoms with Crippen LogP contribution in [0.25, 0.3) is 0 Å². The van der Waals surface area contributed by atoms with Gasteiger partial charge in [0, 0.05) is 33.3 Å². The summed E-state index contributed by atoms with van der Waals surface area (Å²) in [4.78, 5) is 20.1. The van der Waals surface area contributed by atoms with E-state index in [-0.39, 0.29) is 25.0 Å². The highest BCUT2D eigenvalue weighted by Crippen LogP contribution is 2.47. The molecule has 0 unspecified atom stereocenters. The van der Waals surface area contributed by atoms with Crippen LogP contribution in [0.1, 0.15) is 53.5 Å². The first-order chi connectivity index (χ1) is 17.2. The third-order valence-electron chi connectivity index (χ3n) is 7.04. The molecule has 37 heavy (non-hydrogen) atoms. The molecule has 1 amide bonds. The van der Waals surface area contributed by atoms with E-state index in [1.807, 2.05) is 31.2 Å². The van der Waals surface area contributed by atoms with Gasteiger partial charge in [0.2, 0.25) is 0 Å². The number of amides is 1. The molecule has 2 atom stereocenters. The molecule has 192 valence electrons. The van der Waals surface area contributed by atoms with Crippen LogP contribution >= 0.6 is 23.2 Å². The Labute approximate surface area is 229 Å². The van der Waals surface area contributed by atoms with Crippen molar-refractivity contribution in [1.82, 2.24) is 9.88 Å². The summed E-state index contributed by atoms with van der Waals surface area (Å²) in [7, 11) is 3.46. The lowest BCUT2D eigenvalue weighted by atomic mass is 9.59. The van der Waals surface area contributed by atoms with Crippen molar-refractivity contribution in [3.63, 3.8) is 0 Å². The number of fused-ring (bicyclic) bond motifs is 1. The van der Waals surface area contributed by atoms with E-state index in [2.05, 4.69) is 4.98 Å². The third-order valence-corrected chi connectivity index (χ3v) is 7.51. The van der Waals surface area contributed by atoms with Crippen molar-refractivity contribution < 1.29 is 19.7 Å². The third kappa shape index (κ3) is 5.45. The number of rotatable bonds is 8. The lowest BCUT2D eigenvalue weighted by Gasteiger charge is -2.41. The molecule has 4 rings (SSSR count). The van der Waals surface area contributed by atoms with Gasteiger partial charge in [-0.2, -0.15) is 0 Å². The Morgan fingerprint density at radius 2 is 1.70 bits per heavy atom. The van der Waals surface area contributed by atoms with Gasteiger partial charge in [-0.25, -0.2) is 0 Å². The van der Waals surface area contributed by atoms with E-state index < -0.39 is 16.7 Å². The fourth-order valence-corrected chi connectivity index (χ4v) is 4.59. The molecule has 3 aromatic rings. The van der Waals surface area contributed by atoms with E-state index in [9.17, 15) is 15.0 Å². The van der Waals surface area contributed by atoms with E-state index in [0.29, 0.717) is 38.0 Å². The summed E-state index contributed by atoms with van der Waals surface area (Å²) in [6.07, 6.45) is 1.54. The molecule has 2 heterocycles. The van der Waals surface area contributed by atoms with Crippen LogP contribution in [0.4, 0.5) is 0 Å². The summed E-state index contributed by atoms with van der Waals surface area (Å²) < 4.78 is 6.72. The zero-order valence-electron chi connectivity index (χ0n) is 21.6. The molecular weight excluding hydrogens is 509 g/mol. The summed E-state index contributed by atoms with van der Waals surface area (Å²) in [5.41, 5.74) is 0.558. The number of hydrogen-bond acceptors (Lipinski definition) is 5. The summed E-state index contributed by atoms with van der Waals surface area (Å²) in [5, 5.41) is 21.3. The van der Waals surface area contributed by atoms with Gasteiger partial charge in [-0.15, -0.1) is 0 Å². The molecule has 0 saturated heterocycles. The second-order valence-corrected chi connectivity index (χ2v) is 11.6. The van der Waals surface area contributed by atoms with Crippen LogP contribution in [0.2, 0.25) is 10.0 Å². The molecule has 10 heteroatoms. The van der Waals surface area contributed by atoms with Gasteiger partial charge in [-0.05, 0) is 55.7 Å². The number of aromatic nitrogens is 1. The predicted octanol–water partition coefficient (Wildman–Crippen LogP) is 3.04. The van der Waals surface area contributed by atoms with Crippen LogP contribution in [0, 0.1) is 5.92 Å². The number of carbonyl (C=O) groups is 1. The number of benzene rings is 2. The first-order valence-corrected chi connectivity index (χ1v) is 12.9. The molecule has 1 aliphatic rings. The van der Waals surface area contributed by atoms with E-state index in [4.69, 9.17) is 27.9 Å².